The summed E-state index contributed by atoms with van der Waals surface area (Å²) in [5.74, 6) is 1.15. The molecular formula is C70H49N4OPt-3. The molecule has 10 aromatic carbocycles. The Bertz CT molecular complexity index is 4350. The fourth-order valence-corrected chi connectivity index (χ4v) is 11.3. The second kappa shape index (κ2) is 18.9. The number of anilines is 4. The van der Waals surface area contributed by atoms with Gasteiger partial charge in [-0.3, -0.25) is 0 Å². The van der Waals surface area contributed by atoms with E-state index in [0.29, 0.717) is 11.5 Å². The van der Waals surface area contributed by atoms with Crippen molar-refractivity contribution >= 4 is 82.5 Å². The first-order chi connectivity index (χ1) is 36.8. The minimum absolute atomic E-state index is 0. The van der Waals surface area contributed by atoms with Gasteiger partial charge < -0.3 is 18.9 Å². The summed E-state index contributed by atoms with van der Waals surface area (Å²) in [5.41, 5.74) is 14.9. The summed E-state index contributed by atoms with van der Waals surface area (Å²) in [4.78, 5) is 9.99. The monoisotopic (exact) mass is 1160 g/mol. The van der Waals surface area contributed by atoms with Crippen LogP contribution in [0.3, 0.4) is 0 Å². The Morgan fingerprint density at radius 1 is 0.434 bits per heavy atom. The van der Waals surface area contributed by atoms with Crippen LogP contribution in [0.2, 0.25) is 0 Å². The maximum Gasteiger partial charge on any atom is 0.143 e. The van der Waals surface area contributed by atoms with Crippen molar-refractivity contribution in [1.29, 1.82) is 0 Å². The molecule has 3 aromatic heterocycles. The van der Waals surface area contributed by atoms with Gasteiger partial charge in [0.25, 0.3) is 0 Å². The number of benzene rings is 10. The van der Waals surface area contributed by atoms with Gasteiger partial charge in [0.1, 0.15) is 5.65 Å². The average Bonchev–Trinajstić information content (AvgIpc) is 4.05. The molecule has 76 heavy (non-hydrogen) atoms. The second-order valence-electron chi connectivity index (χ2n) is 20.4. The molecule has 0 saturated heterocycles. The zero-order valence-electron chi connectivity index (χ0n) is 42.1. The molecule has 0 atom stereocenters. The Kier molecular flexibility index (Phi) is 11.7. The van der Waals surface area contributed by atoms with Crippen LogP contribution < -0.4 is 14.5 Å². The van der Waals surface area contributed by atoms with E-state index >= 15 is 0 Å². The predicted octanol–water partition coefficient (Wildman–Crippen LogP) is 18.8. The third kappa shape index (κ3) is 7.93. The molecule has 0 spiro atoms. The van der Waals surface area contributed by atoms with Gasteiger partial charge in [0.2, 0.25) is 0 Å². The standard InChI is InChI=1S/C70H49N4O.Pt/c1-70(2,3)50-37-35-46(36-38-50)49-41-63-59-28-13-11-26-57(59)56-25-10-12-27-58(56)61-31-18-32-62-60-40-39-53(43-66(60)74(68(61)62)69(63)71-44-49)75-52-24-16-23-51(42-52)72-45-73(65-34-15-14-33-64(65)72)67-54(47-19-6-4-7-20-47)29-17-30-55(67)48-21-8-5-9-22-48;/h4-41,44-45H,1-3H3;/q-3;. The first-order valence-electron chi connectivity index (χ1n) is 25.6. The molecule has 0 bridgehead atoms. The summed E-state index contributed by atoms with van der Waals surface area (Å²) in [6, 6.07) is 89.6. The fourth-order valence-electron chi connectivity index (χ4n) is 11.3. The van der Waals surface area contributed by atoms with Crippen LogP contribution in [0, 0.1) is 18.8 Å². The molecule has 0 saturated carbocycles. The zero-order valence-corrected chi connectivity index (χ0v) is 44.4. The number of hydrogen-bond acceptors (Lipinski definition) is 4. The largest absolute Gasteiger partial charge is 0.509 e. The number of rotatable bonds is 7. The number of fused-ring (bicyclic) bond motifs is 11. The molecule has 0 amide bonds. The maximum absolute atomic E-state index is 6.88. The van der Waals surface area contributed by atoms with Crippen molar-refractivity contribution in [1.82, 2.24) is 9.38 Å². The topological polar surface area (TPSA) is 33.0 Å². The molecule has 368 valence electrons. The molecule has 0 unspecified atom stereocenters. The Balaban J connectivity index is 0.00000553. The molecule has 0 radical (unpaired) electrons. The van der Waals surface area contributed by atoms with E-state index < -0.39 is 0 Å². The molecule has 13 aromatic rings. The van der Waals surface area contributed by atoms with Crippen molar-refractivity contribution in [2.75, 3.05) is 9.80 Å². The van der Waals surface area contributed by atoms with Crippen molar-refractivity contribution in [3.63, 3.8) is 0 Å². The van der Waals surface area contributed by atoms with E-state index in [9.17, 15) is 0 Å². The molecule has 1 aliphatic heterocycles. The average molecular weight is 1160 g/mol. The van der Waals surface area contributed by atoms with Crippen LogP contribution in [0.4, 0.5) is 22.7 Å². The van der Waals surface area contributed by atoms with Crippen molar-refractivity contribution < 1.29 is 25.8 Å². The van der Waals surface area contributed by atoms with E-state index in [1.54, 1.807) is 0 Å². The zero-order chi connectivity index (χ0) is 50.2. The Hall–Kier alpha value is -8.76. The van der Waals surface area contributed by atoms with Gasteiger partial charge in [-0.05, 0) is 72.8 Å². The molecule has 4 heterocycles. The van der Waals surface area contributed by atoms with Crippen LogP contribution in [0.5, 0.6) is 11.5 Å². The Morgan fingerprint density at radius 2 is 0.961 bits per heavy atom. The van der Waals surface area contributed by atoms with E-state index in [1.807, 2.05) is 24.4 Å². The summed E-state index contributed by atoms with van der Waals surface area (Å²) >= 11 is 0. The van der Waals surface area contributed by atoms with Crippen molar-refractivity contribution in [2.24, 2.45) is 0 Å². The first-order valence-corrected chi connectivity index (χ1v) is 25.6. The van der Waals surface area contributed by atoms with E-state index in [2.05, 4.69) is 266 Å². The van der Waals surface area contributed by atoms with Crippen molar-refractivity contribution in [3.05, 3.63) is 261 Å². The minimum Gasteiger partial charge on any atom is -0.509 e. The van der Waals surface area contributed by atoms with Crippen LogP contribution in [0.1, 0.15) is 26.3 Å². The van der Waals surface area contributed by atoms with Gasteiger partial charge in [-0.15, -0.1) is 48.1 Å². The summed E-state index contributed by atoms with van der Waals surface area (Å²) < 4.78 is 9.19. The van der Waals surface area contributed by atoms with E-state index in [-0.39, 0.29) is 26.5 Å². The first kappa shape index (κ1) is 47.0. The molecule has 0 aliphatic carbocycles. The van der Waals surface area contributed by atoms with Gasteiger partial charge in [-0.2, -0.15) is 12.1 Å². The smallest absolute Gasteiger partial charge is 0.143 e. The van der Waals surface area contributed by atoms with Crippen LogP contribution in [-0.4, -0.2) is 9.38 Å². The summed E-state index contributed by atoms with van der Waals surface area (Å²) in [5, 5.41) is 8.94. The van der Waals surface area contributed by atoms with Crippen molar-refractivity contribution in [2.45, 2.75) is 26.2 Å². The quantitative estimate of drug-likeness (QED) is 0.149. The third-order valence-electron chi connectivity index (χ3n) is 14.9. The number of para-hydroxylation sites is 4. The number of nitrogens with zero attached hydrogens (tertiary/aromatic N) is 4. The molecule has 5 nitrogen and oxygen atoms in total. The normalized spacial score (nSPS) is 12.5. The van der Waals surface area contributed by atoms with Gasteiger partial charge in [-0.1, -0.05) is 208 Å². The van der Waals surface area contributed by atoms with Crippen LogP contribution in [-0.2, 0) is 26.5 Å². The Labute approximate surface area is 456 Å². The molecule has 1 aliphatic rings. The number of aromatic nitrogens is 2. The van der Waals surface area contributed by atoms with Gasteiger partial charge in [0.05, 0.1) is 0 Å². The molecular weight excluding hydrogens is 1110 g/mol. The molecule has 6 heteroatoms. The molecule has 0 N–H and O–H groups in total. The Morgan fingerprint density at radius 3 is 1.61 bits per heavy atom. The van der Waals surface area contributed by atoms with E-state index in [1.165, 1.54) is 10.9 Å². The van der Waals surface area contributed by atoms with Gasteiger partial charge >= 0.3 is 0 Å². The van der Waals surface area contributed by atoms with Gasteiger partial charge in [0.15, 0.2) is 0 Å². The summed E-state index contributed by atoms with van der Waals surface area (Å²) in [6.45, 7) is 8.94. The number of ether oxygens (including phenoxy) is 1. The number of hydrogen-bond donors (Lipinski definition) is 0. The summed E-state index contributed by atoms with van der Waals surface area (Å²) in [7, 11) is 0. The predicted molar refractivity (Wildman–Crippen MR) is 312 cm³/mol. The van der Waals surface area contributed by atoms with Crippen LogP contribution in [0.15, 0.2) is 237 Å². The van der Waals surface area contributed by atoms with Crippen LogP contribution >= 0.6 is 0 Å². The maximum atomic E-state index is 6.88. The van der Waals surface area contributed by atoms with Crippen LogP contribution in [0.25, 0.3) is 93.2 Å². The number of pyridine rings is 1. The van der Waals surface area contributed by atoms with E-state index in [4.69, 9.17) is 9.72 Å². The second-order valence-corrected chi connectivity index (χ2v) is 20.4. The third-order valence-corrected chi connectivity index (χ3v) is 14.9. The SMILES string of the molecule is CC(C)(C)c1ccc(-c2cnc3c(c2)c2ccccc2c2ccccc2c2cccc4c5ccc(Oc6[c-]c(N7[CH-]N(c8c(-c9ccccc9)cccc8-c8ccccc8)c8ccccc87)ccc6)[c-]c5n3c24)cc1.[Pt]. The molecule has 14 rings (SSSR count). The summed E-state index contributed by atoms with van der Waals surface area (Å²) in [6.07, 6.45) is 2.02. The minimum atomic E-state index is 0. The fraction of sp³-hybridized carbons (Fsp3) is 0.0571. The molecule has 0 fully saturated rings. The van der Waals surface area contributed by atoms with Crippen molar-refractivity contribution in [3.8, 4) is 44.9 Å². The van der Waals surface area contributed by atoms with E-state index in [0.717, 1.165) is 111 Å². The van der Waals surface area contributed by atoms with Gasteiger partial charge in [0, 0.05) is 88.8 Å². The van der Waals surface area contributed by atoms with Gasteiger partial charge in [-0.25, -0.2) is 4.98 Å².